The zero-order valence-corrected chi connectivity index (χ0v) is 15.1. The van der Waals surface area contributed by atoms with E-state index >= 15 is 0 Å². The van der Waals surface area contributed by atoms with Crippen molar-refractivity contribution >= 4 is 17.5 Å². The van der Waals surface area contributed by atoms with E-state index in [-0.39, 0.29) is 17.9 Å². The summed E-state index contributed by atoms with van der Waals surface area (Å²) in [5, 5.41) is 11.8. The fourth-order valence-electron chi connectivity index (χ4n) is 2.12. The van der Waals surface area contributed by atoms with Crippen molar-refractivity contribution in [3.05, 3.63) is 41.7 Å². The van der Waals surface area contributed by atoms with Crippen LogP contribution in [0.4, 0.5) is 0 Å². The Bertz CT molecular complexity index is 654. The summed E-state index contributed by atoms with van der Waals surface area (Å²) >= 11 is 5.87. The molecule has 0 saturated carbocycles. The number of nitrogens with one attached hydrogen (secondary N) is 1. The lowest BCUT2D eigenvalue weighted by atomic mass is 10.0. The lowest BCUT2D eigenvalue weighted by molar-refractivity contribution is -0.135. The summed E-state index contributed by atoms with van der Waals surface area (Å²) in [5.74, 6) is 0.629. The second-order valence-electron chi connectivity index (χ2n) is 6.47. The summed E-state index contributed by atoms with van der Waals surface area (Å²) in [6.07, 6.45) is 3.24. The first-order chi connectivity index (χ1) is 11.3. The highest BCUT2D eigenvalue weighted by atomic mass is 35.5. The largest absolute Gasteiger partial charge is 0.478 e. The molecule has 0 bridgehead atoms. The summed E-state index contributed by atoms with van der Waals surface area (Å²) in [7, 11) is 0. The van der Waals surface area contributed by atoms with E-state index in [2.05, 4.69) is 15.5 Å². The Morgan fingerprint density at radius 3 is 2.38 bits per heavy atom. The molecule has 0 aliphatic rings. The molecule has 1 unspecified atom stereocenters. The van der Waals surface area contributed by atoms with Crippen molar-refractivity contribution in [1.82, 2.24) is 20.3 Å². The van der Waals surface area contributed by atoms with Gasteiger partial charge in [0.2, 0.25) is 0 Å². The van der Waals surface area contributed by atoms with E-state index in [1.54, 1.807) is 55.3 Å². The second kappa shape index (κ2) is 7.66. The van der Waals surface area contributed by atoms with Crippen molar-refractivity contribution in [3.63, 3.8) is 0 Å². The Morgan fingerprint density at radius 2 is 1.83 bits per heavy atom. The quantitative estimate of drug-likeness (QED) is 0.833. The van der Waals surface area contributed by atoms with Gasteiger partial charge in [-0.3, -0.25) is 4.79 Å². The van der Waals surface area contributed by atoms with E-state index in [1.165, 1.54) is 0 Å². The van der Waals surface area contributed by atoms with Crippen LogP contribution in [0.5, 0.6) is 5.75 Å². The van der Waals surface area contributed by atoms with Gasteiger partial charge in [0.25, 0.3) is 5.91 Å². The molecular weight excluding hydrogens is 328 g/mol. The highest BCUT2D eigenvalue weighted by Crippen LogP contribution is 2.21. The van der Waals surface area contributed by atoms with E-state index in [0.717, 1.165) is 0 Å². The molecule has 1 atom stereocenters. The van der Waals surface area contributed by atoms with Gasteiger partial charge < -0.3 is 10.1 Å². The summed E-state index contributed by atoms with van der Waals surface area (Å²) in [5.41, 5.74) is -1.02. The molecule has 0 spiro atoms. The molecule has 130 valence electrons. The number of amides is 1. The van der Waals surface area contributed by atoms with Gasteiger partial charge >= 0.3 is 0 Å². The number of hydrogen-bond acceptors (Lipinski definition) is 4. The SMILES string of the molecule is CC(C)C(Cn1nccn1)NC(=O)C(C)(C)Oc1ccc(Cl)cc1. The van der Waals surface area contributed by atoms with Gasteiger partial charge in [0.1, 0.15) is 5.75 Å². The zero-order chi connectivity index (χ0) is 17.7. The molecule has 1 amide bonds. The maximum atomic E-state index is 12.7. The van der Waals surface area contributed by atoms with Crippen LogP contribution in [-0.4, -0.2) is 32.5 Å². The number of carbonyl (C=O) groups is 1. The average Bonchev–Trinajstić information content (AvgIpc) is 3.01. The minimum Gasteiger partial charge on any atom is -0.478 e. The topological polar surface area (TPSA) is 69.0 Å². The predicted molar refractivity (Wildman–Crippen MR) is 92.9 cm³/mol. The fraction of sp³-hybridized carbons (Fsp3) is 0.471. The van der Waals surface area contributed by atoms with E-state index < -0.39 is 5.60 Å². The van der Waals surface area contributed by atoms with Gasteiger partial charge in [0.15, 0.2) is 5.60 Å². The maximum absolute atomic E-state index is 12.7. The molecule has 1 heterocycles. The van der Waals surface area contributed by atoms with Crippen LogP contribution >= 0.6 is 11.6 Å². The van der Waals surface area contributed by atoms with Crippen molar-refractivity contribution in [2.45, 2.75) is 45.9 Å². The Balaban J connectivity index is 2.02. The predicted octanol–water partition coefficient (Wildman–Crippen LogP) is 2.93. The van der Waals surface area contributed by atoms with Crippen LogP contribution in [0, 0.1) is 5.92 Å². The third kappa shape index (κ3) is 4.96. The molecule has 0 radical (unpaired) electrons. The number of rotatable bonds is 7. The molecule has 6 nitrogen and oxygen atoms in total. The molecule has 24 heavy (non-hydrogen) atoms. The molecule has 1 aromatic carbocycles. The third-order valence-corrected chi connectivity index (χ3v) is 3.93. The zero-order valence-electron chi connectivity index (χ0n) is 14.4. The number of hydrogen-bond donors (Lipinski definition) is 1. The van der Waals surface area contributed by atoms with Gasteiger partial charge in [-0.15, -0.1) is 0 Å². The Morgan fingerprint density at radius 1 is 1.25 bits per heavy atom. The monoisotopic (exact) mass is 350 g/mol. The minimum atomic E-state index is -1.02. The summed E-state index contributed by atoms with van der Waals surface area (Å²) in [4.78, 5) is 14.2. The van der Waals surface area contributed by atoms with Gasteiger partial charge in [-0.25, -0.2) is 0 Å². The smallest absolute Gasteiger partial charge is 0.263 e. The highest BCUT2D eigenvalue weighted by Gasteiger charge is 2.32. The molecule has 0 saturated heterocycles. The number of halogens is 1. The van der Waals surface area contributed by atoms with Crippen LogP contribution in [-0.2, 0) is 11.3 Å². The van der Waals surface area contributed by atoms with Crippen LogP contribution in [0.1, 0.15) is 27.7 Å². The van der Waals surface area contributed by atoms with Crippen molar-refractivity contribution in [3.8, 4) is 5.75 Å². The van der Waals surface area contributed by atoms with Crippen molar-refractivity contribution < 1.29 is 9.53 Å². The standard InChI is InChI=1S/C17H23ClN4O2/c1-12(2)15(11-22-19-9-10-20-22)21-16(23)17(3,4)24-14-7-5-13(18)6-8-14/h5-10,12,15H,11H2,1-4H3,(H,21,23). The van der Waals surface area contributed by atoms with E-state index in [0.29, 0.717) is 17.3 Å². The van der Waals surface area contributed by atoms with Gasteiger partial charge in [0, 0.05) is 5.02 Å². The van der Waals surface area contributed by atoms with Crippen LogP contribution < -0.4 is 10.1 Å². The number of benzene rings is 1. The third-order valence-electron chi connectivity index (χ3n) is 3.68. The normalized spacial score (nSPS) is 12.9. The van der Waals surface area contributed by atoms with E-state index in [1.807, 2.05) is 13.8 Å². The molecule has 0 aliphatic carbocycles. The molecule has 2 rings (SSSR count). The molecule has 0 aliphatic heterocycles. The first kappa shape index (κ1) is 18.3. The van der Waals surface area contributed by atoms with Crippen LogP contribution in [0.3, 0.4) is 0 Å². The maximum Gasteiger partial charge on any atom is 0.263 e. The molecular formula is C17H23ClN4O2. The number of carbonyl (C=O) groups excluding carboxylic acids is 1. The molecule has 0 fully saturated rings. The van der Waals surface area contributed by atoms with Gasteiger partial charge in [-0.05, 0) is 44.0 Å². The lowest BCUT2D eigenvalue weighted by Crippen LogP contribution is -2.52. The van der Waals surface area contributed by atoms with E-state index in [4.69, 9.17) is 16.3 Å². The fourth-order valence-corrected chi connectivity index (χ4v) is 2.25. The molecule has 7 heteroatoms. The highest BCUT2D eigenvalue weighted by molar-refractivity contribution is 6.30. The molecule has 1 aromatic heterocycles. The van der Waals surface area contributed by atoms with Crippen LogP contribution in [0.2, 0.25) is 5.02 Å². The van der Waals surface area contributed by atoms with Crippen LogP contribution in [0.15, 0.2) is 36.7 Å². The van der Waals surface area contributed by atoms with Crippen molar-refractivity contribution in [2.75, 3.05) is 0 Å². The second-order valence-corrected chi connectivity index (χ2v) is 6.91. The summed E-state index contributed by atoms with van der Waals surface area (Å²) < 4.78 is 5.83. The van der Waals surface area contributed by atoms with Crippen molar-refractivity contribution in [1.29, 1.82) is 0 Å². The Kier molecular flexibility index (Phi) is 5.83. The average molecular weight is 351 g/mol. The first-order valence-electron chi connectivity index (χ1n) is 7.87. The van der Waals surface area contributed by atoms with Crippen molar-refractivity contribution in [2.24, 2.45) is 5.92 Å². The van der Waals surface area contributed by atoms with Gasteiger partial charge in [-0.2, -0.15) is 15.0 Å². The number of nitrogens with zero attached hydrogens (tertiary/aromatic N) is 3. The minimum absolute atomic E-state index is 0.0991. The molecule has 2 aromatic rings. The van der Waals surface area contributed by atoms with Gasteiger partial charge in [-0.1, -0.05) is 25.4 Å². The molecule has 1 N–H and O–H groups in total. The van der Waals surface area contributed by atoms with Crippen LogP contribution in [0.25, 0.3) is 0 Å². The summed E-state index contributed by atoms with van der Waals surface area (Å²) in [6, 6.07) is 6.84. The lowest BCUT2D eigenvalue weighted by Gasteiger charge is -2.29. The number of ether oxygens (including phenoxy) is 1. The van der Waals surface area contributed by atoms with E-state index in [9.17, 15) is 4.79 Å². The Labute approximate surface area is 147 Å². The van der Waals surface area contributed by atoms with Gasteiger partial charge in [0.05, 0.1) is 25.0 Å². The Hall–Kier alpha value is -2.08. The summed E-state index contributed by atoms with van der Waals surface area (Å²) in [6.45, 7) is 8.07. The number of aromatic nitrogens is 3. The first-order valence-corrected chi connectivity index (χ1v) is 8.25.